The van der Waals surface area contributed by atoms with Crippen LogP contribution in [0.25, 0.3) is 0 Å². The molecule has 0 radical (unpaired) electrons. The summed E-state index contributed by atoms with van der Waals surface area (Å²) in [5.74, 6) is -1.29. The molecule has 0 saturated carbocycles. The lowest BCUT2D eigenvalue weighted by atomic mass is 9.96. The summed E-state index contributed by atoms with van der Waals surface area (Å²) >= 11 is 0. The summed E-state index contributed by atoms with van der Waals surface area (Å²) in [6.45, 7) is 5.99. The number of halogens is 3. The molecule has 1 aliphatic heterocycles. The van der Waals surface area contributed by atoms with Crippen molar-refractivity contribution in [1.29, 1.82) is 0 Å². The van der Waals surface area contributed by atoms with Crippen LogP contribution in [0.4, 0.5) is 23.7 Å². The second-order valence-electron chi connectivity index (χ2n) is 7.27. The summed E-state index contributed by atoms with van der Waals surface area (Å²) < 4.78 is 46.6. The fourth-order valence-corrected chi connectivity index (χ4v) is 2.67. The van der Waals surface area contributed by atoms with Crippen molar-refractivity contribution in [3.05, 3.63) is 24.3 Å². The number of ether oxygens (including phenoxy) is 2. The number of carbonyl (C=O) groups is 2. The second-order valence-corrected chi connectivity index (χ2v) is 7.27. The first kappa shape index (κ1) is 20.9. The Kier molecular flexibility index (Phi) is 6.22. The number of para-hydroxylation sites is 2. The first-order valence-electron chi connectivity index (χ1n) is 8.58. The van der Waals surface area contributed by atoms with Gasteiger partial charge in [-0.3, -0.25) is 4.79 Å². The normalized spacial score (nSPS) is 16.0. The Hall–Kier alpha value is -2.45. The van der Waals surface area contributed by atoms with E-state index in [0.717, 1.165) is 6.07 Å². The molecular formula is C18H23F3N2O4. The third kappa shape index (κ3) is 6.65. The van der Waals surface area contributed by atoms with Gasteiger partial charge in [0, 0.05) is 19.0 Å². The second kappa shape index (κ2) is 8.06. The van der Waals surface area contributed by atoms with Gasteiger partial charge in [-0.15, -0.1) is 13.2 Å². The number of nitrogens with one attached hydrogen (secondary N) is 1. The van der Waals surface area contributed by atoms with Gasteiger partial charge < -0.3 is 19.7 Å². The van der Waals surface area contributed by atoms with Gasteiger partial charge >= 0.3 is 12.5 Å². The SMILES string of the molecule is CC(C)(C)OC(=O)N1CCC(C(=O)Nc2ccccc2OC(F)(F)F)CC1. The van der Waals surface area contributed by atoms with Gasteiger partial charge in [0.15, 0.2) is 5.75 Å². The van der Waals surface area contributed by atoms with Gasteiger partial charge in [0.1, 0.15) is 5.60 Å². The molecule has 2 amide bonds. The smallest absolute Gasteiger partial charge is 0.444 e. The number of benzene rings is 1. The first-order valence-corrected chi connectivity index (χ1v) is 8.58. The van der Waals surface area contributed by atoms with E-state index in [1.165, 1.54) is 23.1 Å². The van der Waals surface area contributed by atoms with E-state index >= 15 is 0 Å². The summed E-state index contributed by atoms with van der Waals surface area (Å²) in [6, 6.07) is 5.36. The summed E-state index contributed by atoms with van der Waals surface area (Å²) in [5, 5.41) is 2.49. The van der Waals surface area contributed by atoms with Crippen molar-refractivity contribution in [3.63, 3.8) is 0 Å². The van der Waals surface area contributed by atoms with Crippen LogP contribution in [0, 0.1) is 5.92 Å². The monoisotopic (exact) mass is 388 g/mol. The average molecular weight is 388 g/mol. The predicted molar refractivity (Wildman–Crippen MR) is 92.3 cm³/mol. The summed E-state index contributed by atoms with van der Waals surface area (Å²) in [7, 11) is 0. The highest BCUT2D eigenvalue weighted by molar-refractivity contribution is 5.94. The zero-order valence-corrected chi connectivity index (χ0v) is 15.4. The minimum atomic E-state index is -4.85. The molecule has 1 aromatic carbocycles. The highest BCUT2D eigenvalue weighted by atomic mass is 19.4. The predicted octanol–water partition coefficient (Wildman–Crippen LogP) is 4.17. The van der Waals surface area contributed by atoms with Crippen molar-refractivity contribution < 1.29 is 32.2 Å². The Bertz CT molecular complexity index is 678. The molecule has 1 aromatic rings. The van der Waals surface area contributed by atoms with Crippen molar-refractivity contribution in [2.75, 3.05) is 18.4 Å². The number of anilines is 1. The van der Waals surface area contributed by atoms with Crippen LogP contribution in [0.15, 0.2) is 24.3 Å². The van der Waals surface area contributed by atoms with Crippen molar-refractivity contribution in [2.45, 2.75) is 45.6 Å². The molecule has 0 atom stereocenters. The Morgan fingerprint density at radius 1 is 1.11 bits per heavy atom. The number of amides is 2. The Morgan fingerprint density at radius 3 is 2.26 bits per heavy atom. The summed E-state index contributed by atoms with van der Waals surface area (Å²) in [6.07, 6.45) is -4.49. The fourth-order valence-electron chi connectivity index (χ4n) is 2.67. The maximum atomic E-state index is 12.5. The van der Waals surface area contributed by atoms with Crippen LogP contribution in [-0.4, -0.2) is 42.0 Å². The zero-order valence-electron chi connectivity index (χ0n) is 15.4. The van der Waals surface area contributed by atoms with E-state index in [-0.39, 0.29) is 5.69 Å². The number of rotatable bonds is 3. The number of hydrogen-bond acceptors (Lipinski definition) is 4. The molecule has 0 bridgehead atoms. The summed E-state index contributed by atoms with van der Waals surface area (Å²) in [5.41, 5.74) is -0.651. The molecule has 150 valence electrons. The fraction of sp³-hybridized carbons (Fsp3) is 0.556. The quantitative estimate of drug-likeness (QED) is 0.844. The third-order valence-corrected chi connectivity index (χ3v) is 3.89. The van der Waals surface area contributed by atoms with Crippen LogP contribution in [0.3, 0.4) is 0 Å². The first-order chi connectivity index (χ1) is 12.4. The van der Waals surface area contributed by atoms with Gasteiger partial charge in [0.05, 0.1) is 5.69 Å². The molecule has 0 aromatic heterocycles. The molecule has 27 heavy (non-hydrogen) atoms. The molecule has 9 heteroatoms. The van der Waals surface area contributed by atoms with Crippen LogP contribution < -0.4 is 10.1 Å². The van der Waals surface area contributed by atoms with E-state index < -0.39 is 35.6 Å². The van der Waals surface area contributed by atoms with E-state index in [1.807, 2.05) is 0 Å². The molecular weight excluding hydrogens is 365 g/mol. The number of alkyl halides is 3. The van der Waals surface area contributed by atoms with Gasteiger partial charge in [-0.05, 0) is 45.7 Å². The number of nitrogens with zero attached hydrogens (tertiary/aromatic N) is 1. The van der Waals surface area contributed by atoms with Crippen molar-refractivity contribution in [3.8, 4) is 5.75 Å². The number of piperidine rings is 1. The van der Waals surface area contributed by atoms with E-state index in [1.54, 1.807) is 20.8 Å². The minimum absolute atomic E-state index is 0.0469. The van der Waals surface area contributed by atoms with Gasteiger partial charge in [-0.1, -0.05) is 12.1 Å². The lowest BCUT2D eigenvalue weighted by Gasteiger charge is -2.33. The highest BCUT2D eigenvalue weighted by Gasteiger charge is 2.33. The van der Waals surface area contributed by atoms with Gasteiger partial charge in [-0.2, -0.15) is 0 Å². The molecule has 0 unspecified atom stereocenters. The standard InChI is InChI=1S/C18H23F3N2O4/c1-17(2,3)27-16(25)23-10-8-12(9-11-23)15(24)22-13-6-4-5-7-14(13)26-18(19,20)21/h4-7,12H,8-11H2,1-3H3,(H,22,24). The molecule has 0 aliphatic carbocycles. The largest absolute Gasteiger partial charge is 0.573 e. The van der Waals surface area contributed by atoms with Crippen LogP contribution in [0.2, 0.25) is 0 Å². The lowest BCUT2D eigenvalue weighted by Crippen LogP contribution is -2.43. The molecule has 1 saturated heterocycles. The number of hydrogen-bond donors (Lipinski definition) is 1. The highest BCUT2D eigenvalue weighted by Crippen LogP contribution is 2.31. The zero-order chi connectivity index (χ0) is 20.2. The number of carbonyl (C=O) groups excluding carboxylic acids is 2. The third-order valence-electron chi connectivity index (χ3n) is 3.89. The maximum absolute atomic E-state index is 12.5. The van der Waals surface area contributed by atoms with E-state index in [0.29, 0.717) is 25.9 Å². The molecule has 1 fully saturated rings. The topological polar surface area (TPSA) is 67.9 Å². The van der Waals surface area contributed by atoms with E-state index in [2.05, 4.69) is 10.1 Å². The van der Waals surface area contributed by atoms with Gasteiger partial charge in [-0.25, -0.2) is 4.79 Å². The van der Waals surface area contributed by atoms with E-state index in [4.69, 9.17) is 4.74 Å². The minimum Gasteiger partial charge on any atom is -0.444 e. The maximum Gasteiger partial charge on any atom is 0.573 e. The van der Waals surface area contributed by atoms with E-state index in [9.17, 15) is 22.8 Å². The molecule has 1 N–H and O–H groups in total. The Balaban J connectivity index is 1.93. The van der Waals surface area contributed by atoms with Gasteiger partial charge in [0.25, 0.3) is 0 Å². The Morgan fingerprint density at radius 2 is 1.70 bits per heavy atom. The molecule has 1 heterocycles. The van der Waals surface area contributed by atoms with Crippen LogP contribution in [-0.2, 0) is 9.53 Å². The molecule has 6 nitrogen and oxygen atoms in total. The average Bonchev–Trinajstić information content (AvgIpc) is 2.54. The van der Waals surface area contributed by atoms with Crippen LogP contribution >= 0.6 is 0 Å². The number of likely N-dealkylation sites (tertiary alicyclic amines) is 1. The van der Waals surface area contributed by atoms with Crippen LogP contribution in [0.1, 0.15) is 33.6 Å². The van der Waals surface area contributed by atoms with Crippen LogP contribution in [0.5, 0.6) is 5.75 Å². The Labute approximate surface area is 155 Å². The van der Waals surface area contributed by atoms with Crippen molar-refractivity contribution >= 4 is 17.7 Å². The van der Waals surface area contributed by atoms with Crippen molar-refractivity contribution in [1.82, 2.24) is 4.90 Å². The van der Waals surface area contributed by atoms with Crippen molar-refractivity contribution in [2.24, 2.45) is 5.92 Å². The summed E-state index contributed by atoms with van der Waals surface area (Å²) in [4.78, 5) is 26.0. The van der Waals surface area contributed by atoms with Gasteiger partial charge in [0.2, 0.25) is 5.91 Å². The molecule has 2 rings (SSSR count). The molecule has 0 spiro atoms. The lowest BCUT2D eigenvalue weighted by molar-refractivity contribution is -0.274. The molecule has 1 aliphatic rings.